The van der Waals surface area contributed by atoms with E-state index in [2.05, 4.69) is 10.3 Å². The number of methoxy groups -OCH3 is 1. The van der Waals surface area contributed by atoms with E-state index in [9.17, 15) is 4.39 Å². The van der Waals surface area contributed by atoms with Crippen molar-refractivity contribution in [3.63, 3.8) is 0 Å². The van der Waals surface area contributed by atoms with Gasteiger partial charge < -0.3 is 14.6 Å². The van der Waals surface area contributed by atoms with Crippen LogP contribution in [-0.4, -0.2) is 23.3 Å². The van der Waals surface area contributed by atoms with Crippen molar-refractivity contribution in [1.82, 2.24) is 9.55 Å². The molecule has 0 radical (unpaired) electrons. The van der Waals surface area contributed by atoms with E-state index in [1.165, 1.54) is 12.1 Å². The number of imidazole rings is 1. The van der Waals surface area contributed by atoms with E-state index in [4.69, 9.17) is 16.3 Å². The van der Waals surface area contributed by atoms with Crippen molar-refractivity contribution in [1.29, 1.82) is 0 Å². The van der Waals surface area contributed by atoms with E-state index in [0.29, 0.717) is 23.3 Å². The van der Waals surface area contributed by atoms with Crippen LogP contribution in [0.25, 0.3) is 0 Å². The minimum atomic E-state index is -0.363. The monoisotopic (exact) mass is 297 g/mol. The number of ether oxygens (including phenoxy) is 1. The first-order valence-electron chi connectivity index (χ1n) is 6.35. The molecule has 6 heteroatoms. The summed E-state index contributed by atoms with van der Waals surface area (Å²) in [4.78, 5) is 4.36. The predicted octanol–water partition coefficient (Wildman–Crippen LogP) is 3.76. The summed E-state index contributed by atoms with van der Waals surface area (Å²) in [6.45, 7) is 3.31. The number of anilines is 2. The number of nitrogens with zero attached hydrogens (tertiary/aromatic N) is 2. The highest BCUT2D eigenvalue weighted by Gasteiger charge is 2.09. The summed E-state index contributed by atoms with van der Waals surface area (Å²) in [5.41, 5.74) is 1.18. The highest BCUT2D eigenvalue weighted by atomic mass is 35.5. The Labute approximate surface area is 122 Å². The fourth-order valence-corrected chi connectivity index (χ4v) is 2.08. The largest absolute Gasteiger partial charge is 0.385 e. The Kier molecular flexibility index (Phi) is 4.98. The van der Waals surface area contributed by atoms with Crippen molar-refractivity contribution in [3.05, 3.63) is 40.9 Å². The number of hydrogen-bond donors (Lipinski definition) is 1. The van der Waals surface area contributed by atoms with Crippen LogP contribution in [0.15, 0.2) is 24.4 Å². The fraction of sp³-hybridized carbons (Fsp3) is 0.357. The lowest BCUT2D eigenvalue weighted by Gasteiger charge is -2.10. The molecule has 1 N–H and O–H groups in total. The third-order valence-electron chi connectivity index (χ3n) is 2.82. The zero-order valence-corrected chi connectivity index (χ0v) is 12.2. The Morgan fingerprint density at radius 3 is 3.00 bits per heavy atom. The smallest absolute Gasteiger partial charge is 0.207 e. The molecule has 0 atom stereocenters. The molecule has 0 saturated heterocycles. The molecule has 0 amide bonds. The molecule has 0 unspecified atom stereocenters. The zero-order valence-electron chi connectivity index (χ0n) is 11.5. The van der Waals surface area contributed by atoms with Crippen LogP contribution in [0.1, 0.15) is 12.1 Å². The van der Waals surface area contributed by atoms with E-state index < -0.39 is 0 Å². The fourth-order valence-electron chi connectivity index (χ4n) is 1.91. The van der Waals surface area contributed by atoms with Crippen LogP contribution in [0.3, 0.4) is 0 Å². The van der Waals surface area contributed by atoms with Crippen LogP contribution in [0, 0.1) is 12.7 Å². The molecule has 0 aliphatic rings. The van der Waals surface area contributed by atoms with Crippen molar-refractivity contribution in [3.8, 4) is 0 Å². The molecular weight excluding hydrogens is 281 g/mol. The van der Waals surface area contributed by atoms with Gasteiger partial charge >= 0.3 is 0 Å². The lowest BCUT2D eigenvalue weighted by Crippen LogP contribution is -2.06. The quantitative estimate of drug-likeness (QED) is 0.825. The van der Waals surface area contributed by atoms with E-state index in [1.54, 1.807) is 13.2 Å². The summed E-state index contributed by atoms with van der Waals surface area (Å²) in [7, 11) is 1.67. The van der Waals surface area contributed by atoms with Crippen LogP contribution in [-0.2, 0) is 11.3 Å². The first-order chi connectivity index (χ1) is 9.60. The average molecular weight is 298 g/mol. The van der Waals surface area contributed by atoms with Crippen LogP contribution < -0.4 is 5.32 Å². The summed E-state index contributed by atoms with van der Waals surface area (Å²) in [6, 6.07) is 4.38. The van der Waals surface area contributed by atoms with E-state index in [1.807, 2.05) is 17.7 Å². The first kappa shape index (κ1) is 14.8. The van der Waals surface area contributed by atoms with E-state index in [-0.39, 0.29) is 5.82 Å². The Hall–Kier alpha value is -1.59. The highest BCUT2D eigenvalue weighted by molar-refractivity contribution is 6.30. The normalized spacial score (nSPS) is 10.8. The second-order valence-electron chi connectivity index (χ2n) is 4.49. The topological polar surface area (TPSA) is 39.1 Å². The zero-order chi connectivity index (χ0) is 14.5. The molecular formula is C14H17ClFN3O. The lowest BCUT2D eigenvalue weighted by atomic mass is 10.3. The molecule has 108 valence electrons. The van der Waals surface area contributed by atoms with Gasteiger partial charge in [-0.25, -0.2) is 9.37 Å². The van der Waals surface area contributed by atoms with Gasteiger partial charge in [0, 0.05) is 31.5 Å². The minimum Gasteiger partial charge on any atom is -0.385 e. The number of aromatic nitrogens is 2. The van der Waals surface area contributed by atoms with Gasteiger partial charge in [-0.3, -0.25) is 0 Å². The number of hydrogen-bond acceptors (Lipinski definition) is 3. The Bertz CT molecular complexity index is 586. The highest BCUT2D eigenvalue weighted by Crippen LogP contribution is 2.23. The molecule has 4 nitrogen and oxygen atoms in total. The standard InChI is InChI=1S/C14H17ClFN3O/c1-10-9-19(6-3-7-20-2)14(17-10)18-13-8-11(15)4-5-12(13)16/h4-5,8-9H,3,6-7H2,1-2H3,(H,17,18). The maximum absolute atomic E-state index is 13.7. The summed E-state index contributed by atoms with van der Waals surface area (Å²) < 4.78 is 20.7. The van der Waals surface area contributed by atoms with Crippen molar-refractivity contribution in [2.24, 2.45) is 0 Å². The molecule has 0 bridgehead atoms. The maximum atomic E-state index is 13.7. The van der Waals surface area contributed by atoms with E-state index >= 15 is 0 Å². The maximum Gasteiger partial charge on any atom is 0.207 e. The van der Waals surface area contributed by atoms with Gasteiger partial charge in [0.15, 0.2) is 0 Å². The summed E-state index contributed by atoms with van der Waals surface area (Å²) in [5.74, 6) is 0.235. The Balaban J connectivity index is 2.17. The molecule has 0 saturated carbocycles. The van der Waals surface area contributed by atoms with Gasteiger partial charge in [0.1, 0.15) is 5.82 Å². The minimum absolute atomic E-state index is 0.316. The predicted molar refractivity (Wildman–Crippen MR) is 78.1 cm³/mol. The molecule has 0 aliphatic heterocycles. The van der Waals surface area contributed by atoms with E-state index in [0.717, 1.165) is 18.7 Å². The second kappa shape index (κ2) is 6.72. The molecule has 1 aromatic carbocycles. The number of halogens is 2. The lowest BCUT2D eigenvalue weighted by molar-refractivity contribution is 0.190. The SMILES string of the molecule is COCCCn1cc(C)nc1Nc1cc(Cl)ccc1F. The summed E-state index contributed by atoms with van der Waals surface area (Å²) in [5, 5.41) is 3.46. The van der Waals surface area contributed by atoms with Gasteiger partial charge in [0.2, 0.25) is 5.95 Å². The summed E-state index contributed by atoms with van der Waals surface area (Å²) >= 11 is 5.88. The van der Waals surface area contributed by atoms with Crippen LogP contribution in [0.5, 0.6) is 0 Å². The number of benzene rings is 1. The van der Waals surface area contributed by atoms with Gasteiger partial charge in [0.25, 0.3) is 0 Å². The molecule has 1 heterocycles. The number of rotatable bonds is 6. The number of nitrogens with one attached hydrogen (secondary N) is 1. The number of aryl methyl sites for hydroxylation is 2. The van der Waals surface area contributed by atoms with Crippen molar-refractivity contribution in [2.75, 3.05) is 19.0 Å². The second-order valence-corrected chi connectivity index (χ2v) is 4.93. The molecule has 0 fully saturated rings. The van der Waals surface area contributed by atoms with Gasteiger partial charge in [-0.2, -0.15) is 0 Å². The van der Waals surface area contributed by atoms with Crippen molar-refractivity contribution < 1.29 is 9.13 Å². The Morgan fingerprint density at radius 2 is 2.25 bits per heavy atom. The van der Waals surface area contributed by atoms with Gasteiger partial charge in [-0.1, -0.05) is 11.6 Å². The van der Waals surface area contributed by atoms with Crippen molar-refractivity contribution >= 4 is 23.2 Å². The third kappa shape index (κ3) is 3.71. The molecule has 2 rings (SSSR count). The average Bonchev–Trinajstić information content (AvgIpc) is 2.74. The molecule has 0 spiro atoms. The van der Waals surface area contributed by atoms with Crippen LogP contribution in [0.2, 0.25) is 5.02 Å². The van der Waals surface area contributed by atoms with Crippen LogP contribution in [0.4, 0.5) is 16.0 Å². The molecule has 0 aliphatic carbocycles. The van der Waals surface area contributed by atoms with Crippen molar-refractivity contribution in [2.45, 2.75) is 19.9 Å². The first-order valence-corrected chi connectivity index (χ1v) is 6.72. The third-order valence-corrected chi connectivity index (χ3v) is 3.05. The van der Waals surface area contributed by atoms with Gasteiger partial charge in [0.05, 0.1) is 11.4 Å². The van der Waals surface area contributed by atoms with Crippen LogP contribution >= 0.6 is 11.6 Å². The summed E-state index contributed by atoms with van der Waals surface area (Å²) in [6.07, 6.45) is 2.78. The van der Waals surface area contributed by atoms with Gasteiger partial charge in [-0.05, 0) is 31.5 Å². The Morgan fingerprint density at radius 1 is 1.45 bits per heavy atom. The molecule has 1 aromatic heterocycles. The van der Waals surface area contributed by atoms with Gasteiger partial charge in [-0.15, -0.1) is 0 Å². The molecule has 2 aromatic rings. The molecule has 20 heavy (non-hydrogen) atoms.